The van der Waals surface area contributed by atoms with Crippen molar-refractivity contribution in [3.05, 3.63) is 40.9 Å². The zero-order valence-electron chi connectivity index (χ0n) is 19.3. The molecule has 2 N–H and O–H groups in total. The lowest BCUT2D eigenvalue weighted by Gasteiger charge is -2.47. The van der Waals surface area contributed by atoms with Crippen molar-refractivity contribution in [3.63, 3.8) is 0 Å². The van der Waals surface area contributed by atoms with E-state index in [9.17, 15) is 14.7 Å². The van der Waals surface area contributed by atoms with Crippen LogP contribution in [0.4, 0.5) is 14.9 Å². The van der Waals surface area contributed by atoms with Gasteiger partial charge >= 0.3 is 6.09 Å². The minimum Gasteiger partial charge on any atom is -0.465 e. The highest BCUT2D eigenvalue weighted by Gasteiger charge is 2.40. The Labute approximate surface area is 192 Å². The number of amidine groups is 1. The summed E-state index contributed by atoms with van der Waals surface area (Å²) < 4.78 is 15.2. The first-order chi connectivity index (χ1) is 15.7. The predicted molar refractivity (Wildman–Crippen MR) is 122 cm³/mol. The van der Waals surface area contributed by atoms with Crippen LogP contribution in [0.1, 0.15) is 45.7 Å². The average Bonchev–Trinajstić information content (AvgIpc) is 2.79. The maximum absolute atomic E-state index is 15.2. The molecule has 0 aliphatic carbocycles. The molecular weight excluding hydrogens is 427 g/mol. The molecular formula is C23H29FN6O3. The van der Waals surface area contributed by atoms with Crippen molar-refractivity contribution in [2.45, 2.75) is 52.1 Å². The molecule has 1 saturated heterocycles. The SMILES string of the molecule is CC(C)c1nccc(F)c1N1C(=C=O)N=C(N2C[C@H](C)N(C(=O)O)CC2C)C2=C1CNCC2. The van der Waals surface area contributed by atoms with Gasteiger partial charge in [-0.3, -0.25) is 9.88 Å². The van der Waals surface area contributed by atoms with E-state index in [4.69, 9.17) is 0 Å². The molecule has 4 heterocycles. The van der Waals surface area contributed by atoms with Gasteiger partial charge < -0.3 is 20.2 Å². The van der Waals surface area contributed by atoms with Crippen LogP contribution in [0, 0.1) is 5.82 Å². The maximum Gasteiger partial charge on any atom is 0.407 e. The Balaban J connectivity index is 1.82. The molecule has 1 amide bonds. The van der Waals surface area contributed by atoms with E-state index in [2.05, 4.69) is 20.2 Å². The van der Waals surface area contributed by atoms with Crippen molar-refractivity contribution in [3.8, 4) is 0 Å². The monoisotopic (exact) mass is 456 g/mol. The zero-order valence-corrected chi connectivity index (χ0v) is 19.3. The van der Waals surface area contributed by atoms with Crippen LogP contribution in [0.3, 0.4) is 0 Å². The van der Waals surface area contributed by atoms with Gasteiger partial charge in [0.1, 0.15) is 11.5 Å². The molecule has 2 atom stereocenters. The summed E-state index contributed by atoms with van der Waals surface area (Å²) >= 11 is 0. The molecule has 3 aliphatic rings. The molecule has 10 heteroatoms. The largest absolute Gasteiger partial charge is 0.465 e. The molecule has 4 rings (SSSR count). The molecule has 0 spiro atoms. The third-order valence-corrected chi connectivity index (χ3v) is 6.42. The Kier molecular flexibility index (Phi) is 6.23. The number of halogens is 1. The number of piperazine rings is 1. The number of nitrogens with one attached hydrogen (secondary N) is 1. The van der Waals surface area contributed by atoms with E-state index in [0.29, 0.717) is 37.6 Å². The lowest BCUT2D eigenvalue weighted by Crippen LogP contribution is -2.60. The number of pyridine rings is 1. The number of rotatable bonds is 2. The summed E-state index contributed by atoms with van der Waals surface area (Å²) in [4.78, 5) is 37.8. The molecule has 1 unspecified atom stereocenters. The summed E-state index contributed by atoms with van der Waals surface area (Å²) in [6.45, 7) is 9.58. The van der Waals surface area contributed by atoms with E-state index in [1.54, 1.807) is 4.90 Å². The Hall–Kier alpha value is -3.23. The van der Waals surface area contributed by atoms with Crippen LogP contribution in [-0.4, -0.2) is 76.0 Å². The van der Waals surface area contributed by atoms with Crippen LogP contribution < -0.4 is 10.2 Å². The maximum atomic E-state index is 15.2. The predicted octanol–water partition coefficient (Wildman–Crippen LogP) is 2.56. The number of amides is 1. The number of hydrogen-bond acceptors (Lipinski definition) is 7. The smallest absolute Gasteiger partial charge is 0.407 e. The first-order valence-electron chi connectivity index (χ1n) is 11.2. The Morgan fingerprint density at radius 2 is 2.06 bits per heavy atom. The lowest BCUT2D eigenvalue weighted by atomic mass is 9.97. The van der Waals surface area contributed by atoms with Crippen LogP contribution in [0.15, 0.2) is 34.3 Å². The Morgan fingerprint density at radius 1 is 1.30 bits per heavy atom. The fraction of sp³-hybridized carbons (Fsp3) is 0.522. The molecule has 1 aromatic heterocycles. The fourth-order valence-corrected chi connectivity index (χ4v) is 4.80. The highest BCUT2D eigenvalue weighted by Crippen LogP contribution is 2.38. The van der Waals surface area contributed by atoms with E-state index >= 15 is 4.39 Å². The number of carbonyl (C=O) groups excluding carboxylic acids is 1. The van der Waals surface area contributed by atoms with Crippen molar-refractivity contribution in [1.82, 2.24) is 20.1 Å². The van der Waals surface area contributed by atoms with Crippen LogP contribution in [0.2, 0.25) is 0 Å². The van der Waals surface area contributed by atoms with Crippen molar-refractivity contribution >= 4 is 23.6 Å². The summed E-state index contributed by atoms with van der Waals surface area (Å²) in [5.74, 6) is 1.98. The number of carbonyl (C=O) groups is 1. The van der Waals surface area contributed by atoms with Gasteiger partial charge in [0.15, 0.2) is 11.8 Å². The van der Waals surface area contributed by atoms with E-state index < -0.39 is 11.9 Å². The van der Waals surface area contributed by atoms with Crippen LogP contribution in [0.5, 0.6) is 0 Å². The number of anilines is 1. The van der Waals surface area contributed by atoms with Gasteiger partial charge in [-0.25, -0.2) is 19.0 Å². The summed E-state index contributed by atoms with van der Waals surface area (Å²) in [6, 6.07) is 0.909. The van der Waals surface area contributed by atoms with Crippen LogP contribution >= 0.6 is 0 Å². The number of nitrogens with zero attached hydrogens (tertiary/aromatic N) is 5. The van der Waals surface area contributed by atoms with Gasteiger partial charge in [0.25, 0.3) is 0 Å². The van der Waals surface area contributed by atoms with Gasteiger partial charge in [-0.1, -0.05) is 13.8 Å². The molecule has 1 fully saturated rings. The quantitative estimate of drug-likeness (QED) is 0.660. The third kappa shape index (κ3) is 4.00. The summed E-state index contributed by atoms with van der Waals surface area (Å²) in [5.41, 5.74) is 2.44. The molecule has 176 valence electrons. The lowest BCUT2D eigenvalue weighted by molar-refractivity contribution is 0.0748. The minimum absolute atomic E-state index is 0.0261. The van der Waals surface area contributed by atoms with Crippen LogP contribution in [0.25, 0.3) is 0 Å². The normalized spacial score (nSPS) is 23.5. The van der Waals surface area contributed by atoms with Crippen molar-refractivity contribution in [2.24, 2.45) is 4.99 Å². The number of hydrogen-bond donors (Lipinski definition) is 2. The van der Waals surface area contributed by atoms with E-state index in [0.717, 1.165) is 17.8 Å². The fourth-order valence-electron chi connectivity index (χ4n) is 4.80. The Bertz CT molecular complexity index is 1080. The van der Waals surface area contributed by atoms with Crippen molar-refractivity contribution in [2.75, 3.05) is 31.1 Å². The summed E-state index contributed by atoms with van der Waals surface area (Å²) in [6.07, 6.45) is 1.13. The van der Waals surface area contributed by atoms with E-state index in [1.165, 1.54) is 17.2 Å². The second-order valence-electron chi connectivity index (χ2n) is 9.02. The number of aliphatic imine (C=N–C) groups is 1. The van der Waals surface area contributed by atoms with E-state index in [1.807, 2.05) is 33.6 Å². The zero-order chi connectivity index (χ0) is 23.9. The standard InChI is InChI=1S/C23H29FN6O3/c1-13(2)20-21(17(24)6-8-26-20)30-18-9-25-7-5-16(18)22(27-19(30)12-31)28-10-15(4)29(23(32)33)11-14(28)3/h6,8,13-15,25H,5,7,9-11H2,1-4H3,(H,32,33)/t14?,15-/m0/s1. The Morgan fingerprint density at radius 3 is 2.73 bits per heavy atom. The second-order valence-corrected chi connectivity index (χ2v) is 9.02. The summed E-state index contributed by atoms with van der Waals surface area (Å²) in [7, 11) is 0. The van der Waals surface area contributed by atoms with Gasteiger partial charge in [0.2, 0.25) is 5.82 Å². The number of aromatic nitrogens is 1. The first kappa shape index (κ1) is 22.9. The summed E-state index contributed by atoms with van der Waals surface area (Å²) in [5, 5.41) is 12.8. The van der Waals surface area contributed by atoms with Gasteiger partial charge in [0.05, 0.1) is 5.69 Å². The molecule has 0 aromatic carbocycles. The highest BCUT2D eigenvalue weighted by atomic mass is 19.1. The van der Waals surface area contributed by atoms with Crippen molar-refractivity contribution < 1.29 is 19.1 Å². The minimum atomic E-state index is -0.950. The molecule has 0 bridgehead atoms. The molecule has 33 heavy (non-hydrogen) atoms. The third-order valence-electron chi connectivity index (χ3n) is 6.42. The molecule has 0 radical (unpaired) electrons. The number of carboxylic acid groups (broad SMARTS) is 1. The van der Waals surface area contributed by atoms with Gasteiger partial charge in [0, 0.05) is 49.2 Å². The van der Waals surface area contributed by atoms with Gasteiger partial charge in [-0.15, -0.1) is 0 Å². The molecule has 1 aromatic rings. The second kappa shape index (κ2) is 8.96. The topological polar surface area (TPSA) is 101 Å². The van der Waals surface area contributed by atoms with Gasteiger partial charge in [-0.2, -0.15) is 0 Å². The molecule has 9 nitrogen and oxygen atoms in total. The van der Waals surface area contributed by atoms with E-state index in [-0.39, 0.29) is 29.5 Å². The van der Waals surface area contributed by atoms with Crippen molar-refractivity contribution in [1.29, 1.82) is 0 Å². The first-order valence-corrected chi connectivity index (χ1v) is 11.2. The molecule has 0 saturated carbocycles. The highest BCUT2D eigenvalue weighted by molar-refractivity contribution is 6.03. The van der Waals surface area contributed by atoms with Gasteiger partial charge in [-0.05, 0) is 38.8 Å². The van der Waals surface area contributed by atoms with Crippen LogP contribution in [-0.2, 0) is 4.79 Å². The molecule has 3 aliphatic heterocycles. The average molecular weight is 457 g/mol.